The summed E-state index contributed by atoms with van der Waals surface area (Å²) >= 11 is 6.89. The molecule has 0 aliphatic carbocycles. The van der Waals surface area contributed by atoms with E-state index in [-0.39, 0.29) is 33.4 Å². The predicted octanol–water partition coefficient (Wildman–Crippen LogP) is 9.31. The Morgan fingerprint density at radius 1 is 0.591 bits per heavy atom. The van der Waals surface area contributed by atoms with Crippen LogP contribution in [0.4, 0.5) is 0 Å². The zero-order valence-electron chi connectivity index (χ0n) is 24.0. The second-order valence-corrected chi connectivity index (χ2v) is 15.0. The van der Waals surface area contributed by atoms with Crippen molar-refractivity contribution in [1.29, 1.82) is 0 Å². The van der Waals surface area contributed by atoms with E-state index in [0.717, 1.165) is 20.9 Å². The van der Waals surface area contributed by atoms with Gasteiger partial charge in [0, 0.05) is 60.2 Å². The number of benzene rings is 2. The summed E-state index contributed by atoms with van der Waals surface area (Å²) in [4.78, 5) is 16.4. The molecule has 0 aliphatic heterocycles. The smallest absolute Gasteiger partial charge is 0.872 e. The van der Waals surface area contributed by atoms with Crippen LogP contribution in [-0.2, 0) is 16.5 Å². The summed E-state index contributed by atoms with van der Waals surface area (Å²) in [6.07, 6.45) is 3.35. The summed E-state index contributed by atoms with van der Waals surface area (Å²) in [5, 5.41) is 29.3. The van der Waals surface area contributed by atoms with Crippen molar-refractivity contribution in [2.75, 3.05) is 13.1 Å². The normalized spacial score (nSPS) is 11.9. The maximum Gasteiger partial charge on any atom is 2.00 e. The van der Waals surface area contributed by atoms with Gasteiger partial charge < -0.3 is 10.2 Å². The Kier molecular flexibility index (Phi) is 10.3. The quantitative estimate of drug-likeness (QED) is 0.106. The average molecular weight is 696 g/mol. The third-order valence-corrected chi connectivity index (χ3v) is 11.2. The molecule has 2 aromatic carbocycles. The predicted molar refractivity (Wildman–Crippen MR) is 184 cm³/mol. The zero-order valence-corrected chi connectivity index (χ0v) is 28.2. The molecule has 0 spiro atoms. The minimum absolute atomic E-state index is 0. The van der Waals surface area contributed by atoms with Crippen molar-refractivity contribution < 1.29 is 26.7 Å². The summed E-state index contributed by atoms with van der Waals surface area (Å²) < 4.78 is 0. The fourth-order valence-electron chi connectivity index (χ4n) is 4.53. The molecule has 0 bridgehead atoms. The van der Waals surface area contributed by atoms with Gasteiger partial charge >= 0.3 is 16.5 Å². The zero-order chi connectivity index (χ0) is 29.8. The van der Waals surface area contributed by atoms with E-state index >= 15 is 0 Å². The number of hydrogen-bond acceptors (Lipinski definition) is 8. The van der Waals surface area contributed by atoms with Crippen LogP contribution in [0.3, 0.4) is 0 Å². The van der Waals surface area contributed by atoms with Crippen LogP contribution < -0.4 is 10.2 Å². The van der Waals surface area contributed by atoms with Crippen molar-refractivity contribution in [2.24, 2.45) is 15.4 Å². The molecule has 6 rings (SSSR count). The van der Waals surface area contributed by atoms with Gasteiger partial charge in [-0.25, -0.2) is 0 Å². The molecule has 6 aromatic rings. The van der Waals surface area contributed by atoms with Gasteiger partial charge in [-0.05, 0) is 81.5 Å². The van der Waals surface area contributed by atoms with E-state index in [9.17, 15) is 10.2 Å². The van der Waals surface area contributed by atoms with Crippen LogP contribution in [0.1, 0.15) is 25.0 Å². The van der Waals surface area contributed by atoms with E-state index in [4.69, 9.17) is 0 Å². The molecule has 4 nitrogen and oxygen atoms in total. The van der Waals surface area contributed by atoms with Gasteiger partial charge in [0.25, 0.3) is 0 Å². The first kappa shape index (κ1) is 32.1. The Hall–Kier alpha value is -3.33. The Labute approximate surface area is 283 Å². The van der Waals surface area contributed by atoms with Gasteiger partial charge in [-0.3, -0.25) is 9.98 Å². The number of hydrogen-bond donors (Lipinski definition) is 0. The molecule has 4 heterocycles. The molecule has 0 saturated carbocycles. The maximum absolute atomic E-state index is 12.6. The van der Waals surface area contributed by atoms with E-state index in [0.29, 0.717) is 24.2 Å². The van der Waals surface area contributed by atoms with Crippen LogP contribution in [0.25, 0.3) is 40.4 Å². The third-order valence-electron chi connectivity index (χ3n) is 6.83. The van der Waals surface area contributed by atoms with E-state index in [1.165, 1.54) is 19.5 Å². The number of thiophene rings is 4. The van der Waals surface area contributed by atoms with Crippen molar-refractivity contribution >= 4 is 57.8 Å². The molecule has 44 heavy (non-hydrogen) atoms. The average Bonchev–Trinajstić information content (AvgIpc) is 3.81. The Balaban J connectivity index is 0.00000384. The van der Waals surface area contributed by atoms with Crippen molar-refractivity contribution in [3.05, 3.63) is 107 Å². The molecule has 4 aromatic heterocycles. The topological polar surface area (TPSA) is 70.8 Å². The molecule has 0 atom stereocenters. The molecule has 0 unspecified atom stereocenters. The Morgan fingerprint density at radius 2 is 1.02 bits per heavy atom. The van der Waals surface area contributed by atoms with E-state index in [1.54, 1.807) is 69.9 Å². The second kappa shape index (κ2) is 14.2. The number of rotatable bonds is 10. The standard InChI is InChI=1S/C35H30N2O2S4.Ni/c1-35(2,21-36-19-25-17-23(7-9-27(25)38)29-11-13-33(42-29)31-5-3-15-40-31)22-37-20-26-18-24(8-10-28(26)39)30-12-14-34(43-30)32-6-4-16-41-32;/h3-20,38-39H,21-22H2,1-2H3;/q;+2/p-2. The second-order valence-electron chi connectivity index (χ2n) is 10.9. The molecular formula is C35H28N2NiO2S4. The Morgan fingerprint density at radius 3 is 1.43 bits per heavy atom. The van der Waals surface area contributed by atoms with Gasteiger partial charge in [0.1, 0.15) is 0 Å². The van der Waals surface area contributed by atoms with Crippen LogP contribution >= 0.6 is 45.3 Å². The Bertz CT molecular complexity index is 1750. The SMILES string of the molecule is CC(C)(CN=Cc1cc(-c2ccc(-c3cccs3)s2)ccc1[O-])CN=Cc1cc(-c2ccc(-c3cccs3)s2)ccc1[O-].[Ni+2]. The van der Waals surface area contributed by atoms with Crippen molar-refractivity contribution in [3.63, 3.8) is 0 Å². The number of aliphatic imine (C=N–C) groups is 2. The van der Waals surface area contributed by atoms with Crippen LogP contribution in [0.15, 0.2) is 106 Å². The fourth-order valence-corrected chi connectivity index (χ4v) is 8.20. The van der Waals surface area contributed by atoms with Gasteiger partial charge in [0.15, 0.2) is 0 Å². The van der Waals surface area contributed by atoms with E-state index in [1.807, 2.05) is 24.3 Å². The fraction of sp³-hybridized carbons (Fsp3) is 0.143. The van der Waals surface area contributed by atoms with Gasteiger partial charge in [0.2, 0.25) is 0 Å². The molecule has 0 aliphatic rings. The van der Waals surface area contributed by atoms with Gasteiger partial charge in [-0.1, -0.05) is 50.2 Å². The van der Waals surface area contributed by atoms with Crippen molar-refractivity contribution in [1.82, 2.24) is 0 Å². The summed E-state index contributed by atoms with van der Waals surface area (Å²) in [5.41, 5.74) is 2.93. The molecule has 9 heteroatoms. The van der Waals surface area contributed by atoms with Gasteiger partial charge in [-0.15, -0.1) is 56.8 Å². The first-order chi connectivity index (χ1) is 20.8. The first-order valence-electron chi connectivity index (χ1n) is 13.7. The van der Waals surface area contributed by atoms with Crippen molar-refractivity contribution in [2.45, 2.75) is 13.8 Å². The van der Waals surface area contributed by atoms with Crippen LogP contribution in [0.2, 0.25) is 0 Å². The van der Waals surface area contributed by atoms with Crippen LogP contribution in [0, 0.1) is 5.41 Å². The summed E-state index contributed by atoms with van der Waals surface area (Å²) in [6.45, 7) is 5.17. The summed E-state index contributed by atoms with van der Waals surface area (Å²) in [7, 11) is 0. The minimum Gasteiger partial charge on any atom is -0.872 e. The molecule has 0 fully saturated rings. The molecule has 0 amide bonds. The monoisotopic (exact) mass is 694 g/mol. The molecule has 0 N–H and O–H groups in total. The van der Waals surface area contributed by atoms with E-state index < -0.39 is 0 Å². The van der Waals surface area contributed by atoms with Crippen LogP contribution in [0.5, 0.6) is 11.5 Å². The molecular weight excluding hydrogens is 667 g/mol. The van der Waals surface area contributed by atoms with Crippen LogP contribution in [-0.4, -0.2) is 25.5 Å². The number of nitrogens with zero attached hydrogens (tertiary/aromatic N) is 2. The van der Waals surface area contributed by atoms with Gasteiger partial charge in [0.05, 0.1) is 0 Å². The molecule has 0 saturated heterocycles. The minimum atomic E-state index is -0.249. The third kappa shape index (κ3) is 7.66. The molecule has 224 valence electrons. The van der Waals surface area contributed by atoms with Gasteiger partial charge in [-0.2, -0.15) is 0 Å². The summed E-state index contributed by atoms with van der Waals surface area (Å²) in [5.74, 6) is -0.0936. The van der Waals surface area contributed by atoms with E-state index in [2.05, 4.69) is 83.1 Å². The maximum atomic E-state index is 12.6. The largest absolute Gasteiger partial charge is 2.00 e. The summed E-state index contributed by atoms with van der Waals surface area (Å²) in [6, 6.07) is 27.6. The molecule has 0 radical (unpaired) electrons. The first-order valence-corrected chi connectivity index (χ1v) is 17.1. The van der Waals surface area contributed by atoms with Crippen molar-refractivity contribution in [3.8, 4) is 51.9 Å².